The SMILES string of the molecule is CC(=O)Nc1ccc(NC(=O)c2ccc(NCCC3=CCCCC3)nc2)cc1. The Morgan fingerprint density at radius 1 is 1.00 bits per heavy atom. The van der Waals surface area contributed by atoms with Gasteiger partial charge in [0.2, 0.25) is 5.91 Å². The van der Waals surface area contributed by atoms with E-state index < -0.39 is 0 Å². The molecular formula is C22H26N4O2. The van der Waals surface area contributed by atoms with Gasteiger partial charge in [0.1, 0.15) is 5.82 Å². The van der Waals surface area contributed by atoms with Crippen molar-refractivity contribution in [2.45, 2.75) is 39.0 Å². The van der Waals surface area contributed by atoms with E-state index >= 15 is 0 Å². The number of carbonyl (C=O) groups excluding carboxylic acids is 2. The fraction of sp³-hybridized carbons (Fsp3) is 0.318. The number of nitrogens with zero attached hydrogens (tertiary/aromatic N) is 1. The van der Waals surface area contributed by atoms with E-state index in [1.54, 1.807) is 36.5 Å². The molecule has 1 aliphatic rings. The maximum atomic E-state index is 12.4. The van der Waals surface area contributed by atoms with Crippen LogP contribution in [0.5, 0.6) is 0 Å². The maximum Gasteiger partial charge on any atom is 0.257 e. The third kappa shape index (κ3) is 5.94. The Morgan fingerprint density at radius 2 is 1.75 bits per heavy atom. The van der Waals surface area contributed by atoms with Crippen molar-refractivity contribution in [3.05, 3.63) is 59.8 Å². The standard InChI is InChI=1S/C22H26N4O2/c1-16(27)25-19-8-10-20(11-9-19)26-22(28)18-7-12-21(24-15-18)23-14-13-17-5-3-2-4-6-17/h5,7-12,15H,2-4,6,13-14H2,1H3,(H,23,24)(H,25,27)(H,26,28). The summed E-state index contributed by atoms with van der Waals surface area (Å²) in [6.45, 7) is 2.31. The molecule has 1 aromatic heterocycles. The van der Waals surface area contributed by atoms with E-state index in [1.807, 2.05) is 6.07 Å². The van der Waals surface area contributed by atoms with Gasteiger partial charge in [-0.2, -0.15) is 0 Å². The Labute approximate surface area is 165 Å². The number of allylic oxidation sites excluding steroid dienone is 1. The zero-order valence-electron chi connectivity index (χ0n) is 16.1. The fourth-order valence-corrected chi connectivity index (χ4v) is 3.16. The van der Waals surface area contributed by atoms with Crippen LogP contribution in [-0.2, 0) is 4.79 Å². The first kappa shape index (κ1) is 19.6. The average molecular weight is 378 g/mol. The highest BCUT2D eigenvalue weighted by atomic mass is 16.2. The van der Waals surface area contributed by atoms with Crippen molar-refractivity contribution in [2.24, 2.45) is 0 Å². The van der Waals surface area contributed by atoms with Gasteiger partial charge in [0.25, 0.3) is 5.91 Å². The minimum Gasteiger partial charge on any atom is -0.370 e. The summed E-state index contributed by atoms with van der Waals surface area (Å²) in [5, 5.41) is 8.82. The number of carbonyl (C=O) groups is 2. The van der Waals surface area contributed by atoms with E-state index in [1.165, 1.54) is 38.2 Å². The Hall–Kier alpha value is -3.15. The molecular weight excluding hydrogens is 352 g/mol. The van der Waals surface area contributed by atoms with Crippen LogP contribution >= 0.6 is 0 Å². The minimum atomic E-state index is -0.223. The molecule has 0 radical (unpaired) electrons. The van der Waals surface area contributed by atoms with Crippen LogP contribution in [0.25, 0.3) is 0 Å². The molecule has 0 saturated heterocycles. The van der Waals surface area contributed by atoms with Crippen LogP contribution in [-0.4, -0.2) is 23.3 Å². The zero-order chi connectivity index (χ0) is 19.8. The molecule has 3 N–H and O–H groups in total. The molecule has 0 unspecified atom stereocenters. The third-order valence-corrected chi connectivity index (χ3v) is 4.63. The van der Waals surface area contributed by atoms with E-state index in [0.717, 1.165) is 18.8 Å². The summed E-state index contributed by atoms with van der Waals surface area (Å²) >= 11 is 0. The van der Waals surface area contributed by atoms with E-state index in [0.29, 0.717) is 16.9 Å². The number of rotatable bonds is 7. The van der Waals surface area contributed by atoms with Gasteiger partial charge < -0.3 is 16.0 Å². The molecule has 0 fully saturated rings. The van der Waals surface area contributed by atoms with Crippen LogP contribution in [0, 0.1) is 0 Å². The summed E-state index contributed by atoms with van der Waals surface area (Å²) in [5.41, 5.74) is 3.36. The van der Waals surface area contributed by atoms with Gasteiger partial charge in [0.05, 0.1) is 5.56 Å². The highest BCUT2D eigenvalue weighted by molar-refractivity contribution is 6.04. The van der Waals surface area contributed by atoms with Crippen molar-refractivity contribution in [1.82, 2.24) is 4.98 Å². The molecule has 0 atom stereocenters. The molecule has 6 nitrogen and oxygen atoms in total. The van der Waals surface area contributed by atoms with Crippen LogP contribution in [0.2, 0.25) is 0 Å². The molecule has 2 aromatic rings. The second-order valence-corrected chi connectivity index (χ2v) is 6.93. The summed E-state index contributed by atoms with van der Waals surface area (Å²) in [7, 11) is 0. The number of amides is 2. The molecule has 1 heterocycles. The predicted octanol–water partition coefficient (Wildman–Crippen LogP) is 4.59. The van der Waals surface area contributed by atoms with Crippen molar-refractivity contribution < 1.29 is 9.59 Å². The van der Waals surface area contributed by atoms with Gasteiger partial charge in [0.15, 0.2) is 0 Å². The topological polar surface area (TPSA) is 83.1 Å². The van der Waals surface area contributed by atoms with Gasteiger partial charge >= 0.3 is 0 Å². The first-order valence-corrected chi connectivity index (χ1v) is 9.67. The average Bonchev–Trinajstić information content (AvgIpc) is 2.70. The van der Waals surface area contributed by atoms with Crippen molar-refractivity contribution in [1.29, 1.82) is 0 Å². The largest absolute Gasteiger partial charge is 0.370 e. The summed E-state index contributed by atoms with van der Waals surface area (Å²) in [6.07, 6.45) is 9.98. The molecule has 0 saturated carbocycles. The lowest BCUT2D eigenvalue weighted by atomic mass is 9.97. The van der Waals surface area contributed by atoms with Crippen LogP contribution < -0.4 is 16.0 Å². The smallest absolute Gasteiger partial charge is 0.257 e. The van der Waals surface area contributed by atoms with Crippen molar-refractivity contribution in [3.8, 4) is 0 Å². The van der Waals surface area contributed by atoms with Gasteiger partial charge in [-0.05, 0) is 68.5 Å². The number of benzene rings is 1. The Balaban J connectivity index is 1.49. The molecule has 0 spiro atoms. The van der Waals surface area contributed by atoms with Gasteiger partial charge in [-0.3, -0.25) is 9.59 Å². The second-order valence-electron chi connectivity index (χ2n) is 6.93. The third-order valence-electron chi connectivity index (χ3n) is 4.63. The summed E-state index contributed by atoms with van der Waals surface area (Å²) < 4.78 is 0. The lowest BCUT2D eigenvalue weighted by molar-refractivity contribution is -0.114. The van der Waals surface area contributed by atoms with Gasteiger partial charge in [-0.25, -0.2) is 4.98 Å². The molecule has 2 amide bonds. The monoisotopic (exact) mass is 378 g/mol. The number of aromatic nitrogens is 1. The molecule has 1 aromatic carbocycles. The quantitative estimate of drug-likeness (QED) is 0.615. The normalized spacial score (nSPS) is 13.4. The van der Waals surface area contributed by atoms with Crippen LogP contribution in [0.1, 0.15) is 49.4 Å². The number of pyridine rings is 1. The number of hydrogen-bond acceptors (Lipinski definition) is 4. The van der Waals surface area contributed by atoms with Crippen LogP contribution in [0.15, 0.2) is 54.2 Å². The van der Waals surface area contributed by atoms with E-state index in [2.05, 4.69) is 27.0 Å². The summed E-state index contributed by atoms with van der Waals surface area (Å²) in [5.74, 6) is 0.415. The van der Waals surface area contributed by atoms with Gasteiger partial charge in [-0.1, -0.05) is 11.6 Å². The van der Waals surface area contributed by atoms with Crippen molar-refractivity contribution >= 4 is 29.0 Å². The Bertz CT molecular complexity index is 842. The van der Waals surface area contributed by atoms with Crippen molar-refractivity contribution in [2.75, 3.05) is 22.5 Å². The highest BCUT2D eigenvalue weighted by Gasteiger charge is 2.08. The Morgan fingerprint density at radius 3 is 2.36 bits per heavy atom. The number of hydrogen-bond donors (Lipinski definition) is 3. The van der Waals surface area contributed by atoms with E-state index in [4.69, 9.17) is 0 Å². The molecule has 1 aliphatic carbocycles. The Kier molecular flexibility index (Phi) is 6.78. The number of nitrogens with one attached hydrogen (secondary N) is 3. The lowest BCUT2D eigenvalue weighted by Gasteiger charge is -2.13. The van der Waals surface area contributed by atoms with E-state index in [9.17, 15) is 9.59 Å². The van der Waals surface area contributed by atoms with Crippen LogP contribution in [0.3, 0.4) is 0 Å². The zero-order valence-corrected chi connectivity index (χ0v) is 16.1. The molecule has 146 valence electrons. The lowest BCUT2D eigenvalue weighted by Crippen LogP contribution is -2.13. The first-order valence-electron chi connectivity index (χ1n) is 9.67. The second kappa shape index (κ2) is 9.69. The van der Waals surface area contributed by atoms with Gasteiger partial charge in [0, 0.05) is 31.0 Å². The fourth-order valence-electron chi connectivity index (χ4n) is 3.16. The summed E-state index contributed by atoms with van der Waals surface area (Å²) in [4.78, 5) is 27.7. The van der Waals surface area contributed by atoms with E-state index in [-0.39, 0.29) is 11.8 Å². The predicted molar refractivity (Wildman–Crippen MR) is 113 cm³/mol. The molecule has 0 bridgehead atoms. The highest BCUT2D eigenvalue weighted by Crippen LogP contribution is 2.20. The molecule has 28 heavy (non-hydrogen) atoms. The number of anilines is 3. The van der Waals surface area contributed by atoms with Crippen molar-refractivity contribution in [3.63, 3.8) is 0 Å². The van der Waals surface area contributed by atoms with Crippen LogP contribution in [0.4, 0.5) is 17.2 Å². The van der Waals surface area contributed by atoms with Gasteiger partial charge in [-0.15, -0.1) is 0 Å². The maximum absolute atomic E-state index is 12.4. The minimum absolute atomic E-state index is 0.132. The first-order chi connectivity index (χ1) is 13.6. The molecule has 6 heteroatoms. The molecule has 0 aliphatic heterocycles. The molecule has 3 rings (SSSR count). The summed E-state index contributed by atoms with van der Waals surface area (Å²) in [6, 6.07) is 10.5.